The van der Waals surface area contributed by atoms with Crippen molar-refractivity contribution in [2.45, 2.75) is 27.2 Å². The summed E-state index contributed by atoms with van der Waals surface area (Å²) in [6.07, 6.45) is 0.203. The Morgan fingerprint density at radius 3 is 2.58 bits per heavy atom. The van der Waals surface area contributed by atoms with Gasteiger partial charge in [-0.3, -0.25) is 14.6 Å². The maximum Gasteiger partial charge on any atom is 0.307 e. The fourth-order valence-corrected chi connectivity index (χ4v) is 1.71. The zero-order valence-electron chi connectivity index (χ0n) is 11.9. The number of esters is 1. The molecular weight excluding hydrogens is 244 g/mol. The van der Waals surface area contributed by atoms with Crippen LogP contribution in [0.25, 0.3) is 0 Å². The summed E-state index contributed by atoms with van der Waals surface area (Å²) in [5, 5.41) is 0. The summed E-state index contributed by atoms with van der Waals surface area (Å²) in [6.45, 7) is 6.14. The molecule has 0 radical (unpaired) electrons. The first-order valence-corrected chi connectivity index (χ1v) is 6.31. The molecule has 0 spiro atoms. The zero-order chi connectivity index (χ0) is 14.4. The van der Waals surface area contributed by atoms with Gasteiger partial charge in [-0.2, -0.15) is 0 Å². The average molecular weight is 264 g/mol. The average Bonchev–Trinajstić information content (AvgIpc) is 2.35. The van der Waals surface area contributed by atoms with Crippen LogP contribution < -0.4 is 0 Å². The standard InChI is InChI=1S/C14H20N2O3/c1-5-19-13(17)8-9-16(4)14(18)12-7-6-10(2)15-11(12)3/h6-7H,5,8-9H2,1-4H3. The van der Waals surface area contributed by atoms with E-state index in [1.165, 1.54) is 4.90 Å². The van der Waals surface area contributed by atoms with Crippen LogP contribution in [0.2, 0.25) is 0 Å². The highest BCUT2D eigenvalue weighted by Crippen LogP contribution is 2.09. The quantitative estimate of drug-likeness (QED) is 0.760. The van der Waals surface area contributed by atoms with Crippen molar-refractivity contribution < 1.29 is 14.3 Å². The third-order valence-corrected chi connectivity index (χ3v) is 2.76. The van der Waals surface area contributed by atoms with E-state index in [0.717, 1.165) is 5.69 Å². The molecule has 0 fully saturated rings. The second-order valence-electron chi connectivity index (χ2n) is 4.37. The minimum absolute atomic E-state index is 0.130. The third-order valence-electron chi connectivity index (χ3n) is 2.76. The zero-order valence-corrected chi connectivity index (χ0v) is 11.9. The number of hydrogen-bond donors (Lipinski definition) is 0. The van der Waals surface area contributed by atoms with Crippen molar-refractivity contribution in [1.29, 1.82) is 0 Å². The van der Waals surface area contributed by atoms with Crippen LogP contribution in [-0.4, -0.2) is 42.0 Å². The number of carbonyl (C=O) groups is 2. The van der Waals surface area contributed by atoms with Crippen LogP contribution in [0.3, 0.4) is 0 Å². The number of pyridine rings is 1. The lowest BCUT2D eigenvalue weighted by atomic mass is 10.1. The van der Waals surface area contributed by atoms with Gasteiger partial charge in [-0.05, 0) is 32.9 Å². The Hall–Kier alpha value is -1.91. The van der Waals surface area contributed by atoms with Crippen LogP contribution >= 0.6 is 0 Å². The predicted octanol–water partition coefficient (Wildman–Crippen LogP) is 1.72. The van der Waals surface area contributed by atoms with E-state index in [1.807, 2.05) is 6.92 Å². The number of carbonyl (C=O) groups excluding carboxylic acids is 2. The van der Waals surface area contributed by atoms with Crippen molar-refractivity contribution in [2.24, 2.45) is 0 Å². The maximum atomic E-state index is 12.2. The molecule has 1 rings (SSSR count). The molecule has 0 aromatic carbocycles. The van der Waals surface area contributed by atoms with Gasteiger partial charge >= 0.3 is 5.97 Å². The number of rotatable bonds is 5. The SMILES string of the molecule is CCOC(=O)CCN(C)C(=O)c1ccc(C)nc1C. The Morgan fingerprint density at radius 1 is 1.32 bits per heavy atom. The number of aryl methyl sites for hydroxylation is 2. The van der Waals surface area contributed by atoms with Crippen molar-refractivity contribution in [3.63, 3.8) is 0 Å². The van der Waals surface area contributed by atoms with E-state index in [0.29, 0.717) is 24.4 Å². The second-order valence-corrected chi connectivity index (χ2v) is 4.37. The first-order chi connectivity index (χ1) is 8.95. The Bertz CT molecular complexity index is 472. The molecule has 0 bridgehead atoms. The van der Waals surface area contributed by atoms with Crippen molar-refractivity contribution >= 4 is 11.9 Å². The molecule has 0 aliphatic rings. The molecule has 0 saturated carbocycles. The molecule has 0 aliphatic carbocycles. The Morgan fingerprint density at radius 2 is 2.00 bits per heavy atom. The van der Waals surface area contributed by atoms with Gasteiger partial charge in [-0.15, -0.1) is 0 Å². The highest BCUT2D eigenvalue weighted by molar-refractivity contribution is 5.95. The van der Waals surface area contributed by atoms with Crippen LogP contribution in [0, 0.1) is 13.8 Å². The smallest absolute Gasteiger partial charge is 0.307 e. The van der Waals surface area contributed by atoms with Crippen molar-refractivity contribution in [1.82, 2.24) is 9.88 Å². The predicted molar refractivity (Wildman–Crippen MR) is 71.9 cm³/mol. The van der Waals surface area contributed by atoms with Gasteiger partial charge in [0, 0.05) is 19.3 Å². The largest absolute Gasteiger partial charge is 0.466 e. The molecule has 1 amide bonds. The first-order valence-electron chi connectivity index (χ1n) is 6.31. The normalized spacial score (nSPS) is 10.1. The van der Waals surface area contributed by atoms with E-state index in [2.05, 4.69) is 4.98 Å². The fourth-order valence-electron chi connectivity index (χ4n) is 1.71. The van der Waals surface area contributed by atoms with E-state index in [1.54, 1.807) is 33.0 Å². The minimum Gasteiger partial charge on any atom is -0.466 e. The number of hydrogen-bond acceptors (Lipinski definition) is 4. The Labute approximate surface area is 113 Å². The van der Waals surface area contributed by atoms with Crippen LogP contribution in [-0.2, 0) is 9.53 Å². The molecule has 0 aliphatic heterocycles. The van der Waals surface area contributed by atoms with Gasteiger partial charge in [-0.25, -0.2) is 0 Å². The molecule has 5 nitrogen and oxygen atoms in total. The van der Waals surface area contributed by atoms with Gasteiger partial charge < -0.3 is 9.64 Å². The minimum atomic E-state index is -0.291. The molecule has 0 atom stereocenters. The summed E-state index contributed by atoms with van der Waals surface area (Å²) in [5.74, 6) is -0.421. The lowest BCUT2D eigenvalue weighted by Gasteiger charge is -2.17. The van der Waals surface area contributed by atoms with Gasteiger partial charge in [0.1, 0.15) is 0 Å². The van der Waals surface area contributed by atoms with Crippen molar-refractivity contribution in [2.75, 3.05) is 20.2 Å². The third kappa shape index (κ3) is 4.35. The molecule has 1 aromatic heterocycles. The lowest BCUT2D eigenvalue weighted by Crippen LogP contribution is -2.30. The summed E-state index contributed by atoms with van der Waals surface area (Å²) in [5.41, 5.74) is 2.15. The van der Waals surface area contributed by atoms with E-state index >= 15 is 0 Å². The van der Waals surface area contributed by atoms with Gasteiger partial charge in [0.15, 0.2) is 0 Å². The molecule has 0 unspecified atom stereocenters. The molecule has 5 heteroatoms. The van der Waals surface area contributed by atoms with Crippen molar-refractivity contribution in [3.8, 4) is 0 Å². The number of amides is 1. The molecule has 1 heterocycles. The first kappa shape index (κ1) is 15.1. The van der Waals surface area contributed by atoms with Crippen molar-refractivity contribution in [3.05, 3.63) is 29.1 Å². The van der Waals surface area contributed by atoms with Gasteiger partial charge in [0.05, 0.1) is 24.3 Å². The van der Waals surface area contributed by atoms with E-state index in [-0.39, 0.29) is 18.3 Å². The topological polar surface area (TPSA) is 59.5 Å². The summed E-state index contributed by atoms with van der Waals surface area (Å²) >= 11 is 0. The Kier molecular flexibility index (Phi) is 5.48. The number of ether oxygens (including phenoxy) is 1. The van der Waals surface area contributed by atoms with Gasteiger partial charge in [-0.1, -0.05) is 0 Å². The molecule has 0 N–H and O–H groups in total. The van der Waals surface area contributed by atoms with E-state index in [4.69, 9.17) is 4.74 Å². The number of aromatic nitrogens is 1. The molecule has 0 saturated heterocycles. The molecule has 1 aromatic rings. The second kappa shape index (κ2) is 6.87. The highest BCUT2D eigenvalue weighted by atomic mass is 16.5. The summed E-state index contributed by atoms with van der Waals surface area (Å²) in [7, 11) is 1.67. The maximum absolute atomic E-state index is 12.2. The molecule has 19 heavy (non-hydrogen) atoms. The monoisotopic (exact) mass is 264 g/mol. The summed E-state index contributed by atoms with van der Waals surface area (Å²) in [4.78, 5) is 29.2. The van der Waals surface area contributed by atoms with Gasteiger partial charge in [0.2, 0.25) is 0 Å². The van der Waals surface area contributed by atoms with Crippen LogP contribution in [0.5, 0.6) is 0 Å². The van der Waals surface area contributed by atoms with E-state index < -0.39 is 0 Å². The van der Waals surface area contributed by atoms with Gasteiger partial charge in [0.25, 0.3) is 5.91 Å². The highest BCUT2D eigenvalue weighted by Gasteiger charge is 2.16. The summed E-state index contributed by atoms with van der Waals surface area (Å²) < 4.78 is 4.83. The van der Waals surface area contributed by atoms with E-state index in [9.17, 15) is 9.59 Å². The number of nitrogens with zero attached hydrogens (tertiary/aromatic N) is 2. The molecular formula is C14H20N2O3. The lowest BCUT2D eigenvalue weighted by molar-refractivity contribution is -0.143. The molecule has 104 valence electrons. The van der Waals surface area contributed by atoms with Crippen LogP contribution in [0.1, 0.15) is 35.1 Å². The Balaban J connectivity index is 2.64. The fraction of sp³-hybridized carbons (Fsp3) is 0.500. The summed E-state index contributed by atoms with van der Waals surface area (Å²) in [6, 6.07) is 3.57. The van der Waals surface area contributed by atoms with Crippen LogP contribution in [0.4, 0.5) is 0 Å². The van der Waals surface area contributed by atoms with Crippen LogP contribution in [0.15, 0.2) is 12.1 Å².